The largest absolute Gasteiger partial charge is 0.385 e. The van der Waals surface area contributed by atoms with Crippen molar-refractivity contribution in [3.05, 3.63) is 15.6 Å². The minimum absolute atomic E-state index is 0.00216. The van der Waals surface area contributed by atoms with Crippen molar-refractivity contribution in [3.63, 3.8) is 0 Å². The van der Waals surface area contributed by atoms with Crippen LogP contribution in [-0.4, -0.2) is 10.1 Å². The summed E-state index contributed by atoms with van der Waals surface area (Å²) in [7, 11) is 0. The van der Waals surface area contributed by atoms with Gasteiger partial charge in [0.1, 0.15) is 0 Å². The summed E-state index contributed by atoms with van der Waals surface area (Å²) in [4.78, 5) is 5.71. The van der Waals surface area contributed by atoms with Crippen LogP contribution < -0.4 is 0 Å². The van der Waals surface area contributed by atoms with Crippen LogP contribution in [0.1, 0.15) is 63.5 Å². The zero-order valence-electron chi connectivity index (χ0n) is 11.2. The lowest BCUT2D eigenvalue weighted by Crippen LogP contribution is -2.22. The Morgan fingerprint density at radius 1 is 1.19 bits per heavy atom. The molecule has 0 unspecified atom stereocenters. The summed E-state index contributed by atoms with van der Waals surface area (Å²) in [6.45, 7) is 12.3. The average molecular weight is 241 g/mol. The second-order valence-electron chi connectivity index (χ2n) is 5.84. The predicted octanol–water partition coefficient (Wildman–Crippen LogP) is 3.62. The van der Waals surface area contributed by atoms with E-state index in [9.17, 15) is 5.11 Å². The number of hydrogen-bond donors (Lipinski definition) is 1. The molecule has 2 nitrogen and oxygen atoms in total. The molecule has 0 radical (unpaired) electrons. The van der Waals surface area contributed by atoms with E-state index < -0.39 is 5.60 Å². The van der Waals surface area contributed by atoms with Gasteiger partial charge < -0.3 is 5.11 Å². The van der Waals surface area contributed by atoms with E-state index in [2.05, 4.69) is 27.7 Å². The van der Waals surface area contributed by atoms with Crippen molar-refractivity contribution >= 4 is 11.3 Å². The summed E-state index contributed by atoms with van der Waals surface area (Å²) in [5.74, 6) is 0. The van der Waals surface area contributed by atoms with Gasteiger partial charge in [-0.2, -0.15) is 0 Å². The van der Waals surface area contributed by atoms with E-state index in [1.807, 2.05) is 13.8 Å². The number of thiazole rings is 1. The number of hydrogen-bond acceptors (Lipinski definition) is 3. The lowest BCUT2D eigenvalue weighted by Gasteiger charge is -2.23. The van der Waals surface area contributed by atoms with Gasteiger partial charge in [0.15, 0.2) is 0 Å². The van der Waals surface area contributed by atoms with Gasteiger partial charge in [-0.25, -0.2) is 4.98 Å². The Morgan fingerprint density at radius 2 is 1.75 bits per heavy atom. The highest BCUT2D eigenvalue weighted by atomic mass is 32.1. The van der Waals surface area contributed by atoms with E-state index in [1.165, 1.54) is 0 Å². The molecule has 0 amide bonds. The van der Waals surface area contributed by atoms with Gasteiger partial charge >= 0.3 is 0 Å². The summed E-state index contributed by atoms with van der Waals surface area (Å²) in [6, 6.07) is 0. The fraction of sp³-hybridized carbons (Fsp3) is 0.769. The summed E-state index contributed by atoms with van der Waals surface area (Å²) < 4.78 is 0. The molecule has 1 aromatic heterocycles. The van der Waals surface area contributed by atoms with Gasteiger partial charge in [-0.15, -0.1) is 11.3 Å². The maximum atomic E-state index is 10.2. The number of aromatic nitrogens is 1. The highest BCUT2D eigenvalue weighted by Crippen LogP contribution is 2.36. The van der Waals surface area contributed by atoms with Gasteiger partial charge in [0, 0.05) is 5.41 Å². The van der Waals surface area contributed by atoms with Crippen molar-refractivity contribution in [3.8, 4) is 0 Å². The minimum Gasteiger partial charge on any atom is -0.385 e. The van der Waals surface area contributed by atoms with Crippen molar-refractivity contribution in [2.24, 2.45) is 0 Å². The van der Waals surface area contributed by atoms with E-state index in [4.69, 9.17) is 4.98 Å². The third-order valence-corrected chi connectivity index (χ3v) is 3.83. The molecule has 16 heavy (non-hydrogen) atoms. The summed E-state index contributed by atoms with van der Waals surface area (Å²) in [5, 5.41) is 11.3. The highest BCUT2D eigenvalue weighted by molar-refractivity contribution is 7.11. The number of aryl methyl sites for hydroxylation is 1. The van der Waals surface area contributed by atoms with Crippen molar-refractivity contribution in [1.82, 2.24) is 4.98 Å². The molecule has 0 aliphatic carbocycles. The van der Waals surface area contributed by atoms with Gasteiger partial charge in [0.25, 0.3) is 0 Å². The quantitative estimate of drug-likeness (QED) is 0.876. The SMILES string of the molecule is CCCc1nc(C(C)(C)C)c(C(C)(C)O)s1. The molecule has 92 valence electrons. The topological polar surface area (TPSA) is 33.1 Å². The second kappa shape index (κ2) is 4.46. The average Bonchev–Trinajstić information content (AvgIpc) is 2.47. The Balaban J connectivity index is 3.24. The molecule has 0 aliphatic rings. The van der Waals surface area contributed by atoms with Crippen molar-refractivity contribution in [2.45, 2.75) is 65.4 Å². The fourth-order valence-corrected chi connectivity index (χ4v) is 2.99. The van der Waals surface area contributed by atoms with Crippen LogP contribution in [0, 0.1) is 0 Å². The first-order valence-electron chi connectivity index (χ1n) is 5.89. The van der Waals surface area contributed by atoms with Gasteiger partial charge in [-0.3, -0.25) is 0 Å². The maximum absolute atomic E-state index is 10.2. The molecular formula is C13H23NOS. The van der Waals surface area contributed by atoms with Crippen LogP contribution in [0.2, 0.25) is 0 Å². The van der Waals surface area contributed by atoms with E-state index in [0.29, 0.717) is 0 Å². The van der Waals surface area contributed by atoms with E-state index in [-0.39, 0.29) is 5.41 Å². The highest BCUT2D eigenvalue weighted by Gasteiger charge is 2.30. The molecule has 1 rings (SSSR count). The molecule has 0 aliphatic heterocycles. The second-order valence-corrected chi connectivity index (χ2v) is 6.93. The molecule has 1 heterocycles. The minimum atomic E-state index is -0.785. The van der Waals surface area contributed by atoms with E-state index in [1.54, 1.807) is 11.3 Å². The van der Waals surface area contributed by atoms with Crippen LogP contribution in [0.15, 0.2) is 0 Å². The first-order valence-corrected chi connectivity index (χ1v) is 6.71. The molecule has 0 atom stereocenters. The van der Waals surface area contributed by atoms with Crippen LogP contribution >= 0.6 is 11.3 Å². The van der Waals surface area contributed by atoms with Gasteiger partial charge in [0.2, 0.25) is 0 Å². The van der Waals surface area contributed by atoms with Gasteiger partial charge in [0.05, 0.1) is 21.2 Å². The number of rotatable bonds is 3. The smallest absolute Gasteiger partial charge is 0.0951 e. The fourth-order valence-electron chi connectivity index (χ4n) is 1.61. The Kier molecular flexibility index (Phi) is 3.80. The Labute approximate surface area is 103 Å². The molecule has 1 aromatic rings. The zero-order valence-corrected chi connectivity index (χ0v) is 12.0. The predicted molar refractivity (Wildman–Crippen MR) is 70.1 cm³/mol. The first-order chi connectivity index (χ1) is 7.16. The third-order valence-electron chi connectivity index (χ3n) is 2.40. The molecule has 0 fully saturated rings. The molecule has 0 saturated carbocycles. The van der Waals surface area contributed by atoms with Crippen LogP contribution in [0.5, 0.6) is 0 Å². The van der Waals surface area contributed by atoms with Crippen LogP contribution in [0.4, 0.5) is 0 Å². The van der Waals surface area contributed by atoms with Crippen molar-refractivity contribution in [1.29, 1.82) is 0 Å². The zero-order chi connectivity index (χ0) is 12.6. The molecule has 0 aromatic carbocycles. The molecule has 0 saturated heterocycles. The Bertz CT molecular complexity index is 323. The molecule has 1 N–H and O–H groups in total. The molecule has 0 bridgehead atoms. The van der Waals surface area contributed by atoms with Crippen molar-refractivity contribution < 1.29 is 5.11 Å². The third kappa shape index (κ3) is 3.05. The summed E-state index contributed by atoms with van der Waals surface area (Å²) >= 11 is 1.66. The van der Waals surface area contributed by atoms with Crippen LogP contribution in [-0.2, 0) is 17.4 Å². The van der Waals surface area contributed by atoms with Crippen LogP contribution in [0.3, 0.4) is 0 Å². The maximum Gasteiger partial charge on any atom is 0.0951 e. The van der Waals surface area contributed by atoms with E-state index >= 15 is 0 Å². The lowest BCUT2D eigenvalue weighted by atomic mass is 9.88. The summed E-state index contributed by atoms with van der Waals surface area (Å²) in [6.07, 6.45) is 2.10. The standard InChI is InChI=1S/C13H23NOS/c1-7-8-9-14-10(12(2,3)4)11(16-9)13(5,6)15/h15H,7-8H2,1-6H3. The number of aliphatic hydroxyl groups is 1. The normalized spacial score (nSPS) is 13.2. The van der Waals surface area contributed by atoms with Gasteiger partial charge in [-0.05, 0) is 26.7 Å². The Hall–Kier alpha value is -0.410. The molecule has 3 heteroatoms. The van der Waals surface area contributed by atoms with Crippen LogP contribution in [0.25, 0.3) is 0 Å². The van der Waals surface area contributed by atoms with Crippen molar-refractivity contribution in [2.75, 3.05) is 0 Å². The number of nitrogens with zero attached hydrogens (tertiary/aromatic N) is 1. The Morgan fingerprint density at radius 3 is 2.06 bits per heavy atom. The molecular weight excluding hydrogens is 218 g/mol. The van der Waals surface area contributed by atoms with E-state index in [0.717, 1.165) is 28.4 Å². The van der Waals surface area contributed by atoms with Gasteiger partial charge in [-0.1, -0.05) is 27.7 Å². The summed E-state index contributed by atoms with van der Waals surface area (Å²) in [5.41, 5.74) is 0.262. The lowest BCUT2D eigenvalue weighted by molar-refractivity contribution is 0.0803. The monoisotopic (exact) mass is 241 g/mol. The first kappa shape index (κ1) is 13.7. The molecule has 0 spiro atoms.